The summed E-state index contributed by atoms with van der Waals surface area (Å²) in [4.78, 5) is 20.2. The predicted octanol–water partition coefficient (Wildman–Crippen LogP) is 2.77. The van der Waals surface area contributed by atoms with Crippen molar-refractivity contribution in [3.05, 3.63) is 41.3 Å². The van der Waals surface area contributed by atoms with Crippen LogP contribution in [-0.4, -0.2) is 29.0 Å². The van der Waals surface area contributed by atoms with E-state index in [4.69, 9.17) is 16.3 Å². The Kier molecular flexibility index (Phi) is 4.11. The maximum Gasteiger partial charge on any atom is 0.271 e. The third-order valence-corrected chi connectivity index (χ3v) is 3.46. The summed E-state index contributed by atoms with van der Waals surface area (Å²) >= 11 is 5.98. The van der Waals surface area contributed by atoms with Crippen LogP contribution in [0.5, 0.6) is 5.75 Å². The van der Waals surface area contributed by atoms with Crippen LogP contribution >= 0.6 is 11.6 Å². The number of hydrogen-bond donors (Lipinski definition) is 2. The van der Waals surface area contributed by atoms with E-state index >= 15 is 0 Å². The molecule has 1 saturated carbocycles. The number of aromatic nitrogens is 2. The summed E-state index contributed by atoms with van der Waals surface area (Å²) in [7, 11) is 1.57. The second-order valence-corrected chi connectivity index (χ2v) is 5.44. The predicted molar refractivity (Wildman–Crippen MR) is 83.8 cm³/mol. The Labute approximate surface area is 132 Å². The molecule has 2 N–H and O–H groups in total. The van der Waals surface area contributed by atoms with Crippen LogP contribution in [0.4, 0.5) is 11.5 Å². The van der Waals surface area contributed by atoms with Crippen molar-refractivity contribution in [3.63, 3.8) is 0 Å². The van der Waals surface area contributed by atoms with E-state index in [1.54, 1.807) is 25.3 Å². The molecule has 0 aliphatic heterocycles. The van der Waals surface area contributed by atoms with Gasteiger partial charge in [0, 0.05) is 11.1 Å². The molecule has 1 aliphatic carbocycles. The molecule has 0 unspecified atom stereocenters. The molecule has 1 heterocycles. The monoisotopic (exact) mass is 318 g/mol. The molecule has 0 spiro atoms. The molecule has 114 valence electrons. The van der Waals surface area contributed by atoms with E-state index in [-0.39, 0.29) is 5.91 Å². The first-order valence-electron chi connectivity index (χ1n) is 6.89. The van der Waals surface area contributed by atoms with Gasteiger partial charge >= 0.3 is 0 Å². The highest BCUT2D eigenvalue weighted by atomic mass is 35.5. The Morgan fingerprint density at radius 1 is 1.32 bits per heavy atom. The average molecular weight is 319 g/mol. The van der Waals surface area contributed by atoms with Crippen LogP contribution in [-0.2, 0) is 0 Å². The molecule has 1 fully saturated rings. The van der Waals surface area contributed by atoms with Gasteiger partial charge in [-0.25, -0.2) is 9.97 Å². The number of nitrogens with one attached hydrogen (secondary N) is 2. The van der Waals surface area contributed by atoms with Crippen molar-refractivity contribution in [2.24, 2.45) is 0 Å². The number of halogens is 1. The maximum atomic E-state index is 11.8. The average Bonchev–Trinajstić information content (AvgIpc) is 3.32. The van der Waals surface area contributed by atoms with Crippen LogP contribution in [0, 0.1) is 0 Å². The van der Waals surface area contributed by atoms with Crippen LogP contribution in [0.2, 0.25) is 5.02 Å². The number of hydrogen-bond acceptors (Lipinski definition) is 5. The zero-order chi connectivity index (χ0) is 15.5. The fraction of sp³-hybridized carbons (Fsp3) is 0.267. The molecule has 0 bridgehead atoms. The van der Waals surface area contributed by atoms with E-state index in [0.29, 0.717) is 34.0 Å². The first-order chi connectivity index (χ1) is 10.7. The van der Waals surface area contributed by atoms with Gasteiger partial charge in [-0.2, -0.15) is 0 Å². The fourth-order valence-electron chi connectivity index (χ4n) is 1.91. The standard InChI is InChI=1S/C15H15ClN4O2/c1-22-13-5-2-9(16)6-11(13)20-14-8-17-12(7-18-14)15(21)19-10-3-4-10/h2,5-8,10H,3-4H2,1H3,(H,18,20)(H,19,21). The van der Waals surface area contributed by atoms with Gasteiger partial charge < -0.3 is 15.4 Å². The van der Waals surface area contributed by atoms with Gasteiger partial charge in [-0.05, 0) is 31.0 Å². The number of carbonyl (C=O) groups excluding carboxylic acids is 1. The van der Waals surface area contributed by atoms with E-state index in [1.807, 2.05) is 0 Å². The van der Waals surface area contributed by atoms with Crippen molar-refractivity contribution < 1.29 is 9.53 Å². The SMILES string of the molecule is COc1ccc(Cl)cc1Nc1cnc(C(=O)NC2CC2)cn1. The zero-order valence-electron chi connectivity index (χ0n) is 12.0. The van der Waals surface area contributed by atoms with Crippen molar-refractivity contribution in [1.29, 1.82) is 0 Å². The van der Waals surface area contributed by atoms with E-state index in [9.17, 15) is 4.79 Å². The van der Waals surface area contributed by atoms with Crippen LogP contribution in [0.25, 0.3) is 0 Å². The highest BCUT2D eigenvalue weighted by Crippen LogP contribution is 2.29. The van der Waals surface area contributed by atoms with Crippen molar-refractivity contribution in [1.82, 2.24) is 15.3 Å². The van der Waals surface area contributed by atoms with Crippen molar-refractivity contribution in [2.75, 3.05) is 12.4 Å². The van der Waals surface area contributed by atoms with Crippen LogP contribution in [0.1, 0.15) is 23.3 Å². The molecule has 2 aromatic rings. The Hall–Kier alpha value is -2.34. The Bertz CT molecular complexity index is 686. The summed E-state index contributed by atoms with van der Waals surface area (Å²) in [6, 6.07) is 5.52. The number of ether oxygens (including phenoxy) is 1. The van der Waals surface area contributed by atoms with E-state index in [0.717, 1.165) is 12.8 Å². The van der Waals surface area contributed by atoms with Crippen molar-refractivity contribution in [2.45, 2.75) is 18.9 Å². The molecule has 6 nitrogen and oxygen atoms in total. The molecule has 1 aliphatic rings. The molecular formula is C15H15ClN4O2. The lowest BCUT2D eigenvalue weighted by Gasteiger charge is -2.11. The minimum Gasteiger partial charge on any atom is -0.495 e. The van der Waals surface area contributed by atoms with Crippen LogP contribution in [0.15, 0.2) is 30.6 Å². The van der Waals surface area contributed by atoms with Gasteiger partial charge in [-0.1, -0.05) is 11.6 Å². The lowest BCUT2D eigenvalue weighted by Crippen LogP contribution is -2.26. The molecule has 0 atom stereocenters. The number of anilines is 2. The van der Waals surface area contributed by atoms with Crippen LogP contribution < -0.4 is 15.4 Å². The summed E-state index contributed by atoms with van der Waals surface area (Å²) in [5.74, 6) is 0.951. The zero-order valence-corrected chi connectivity index (χ0v) is 12.7. The third-order valence-electron chi connectivity index (χ3n) is 3.22. The molecule has 0 saturated heterocycles. The van der Waals surface area contributed by atoms with Gasteiger partial charge in [0.05, 0.1) is 25.2 Å². The highest BCUT2D eigenvalue weighted by Gasteiger charge is 2.24. The minimum absolute atomic E-state index is 0.193. The van der Waals surface area contributed by atoms with Gasteiger partial charge in [-0.15, -0.1) is 0 Å². The van der Waals surface area contributed by atoms with Crippen molar-refractivity contribution in [3.8, 4) is 5.75 Å². The topological polar surface area (TPSA) is 76.1 Å². The molecular weight excluding hydrogens is 304 g/mol. The van der Waals surface area contributed by atoms with Gasteiger partial charge in [0.25, 0.3) is 5.91 Å². The van der Waals surface area contributed by atoms with Crippen LogP contribution in [0.3, 0.4) is 0 Å². The molecule has 3 rings (SSSR count). The summed E-state index contributed by atoms with van der Waals surface area (Å²) in [5.41, 5.74) is 0.981. The third kappa shape index (κ3) is 3.46. The highest BCUT2D eigenvalue weighted by molar-refractivity contribution is 6.31. The largest absolute Gasteiger partial charge is 0.495 e. The summed E-state index contributed by atoms with van der Waals surface area (Å²) in [5, 5.41) is 6.51. The lowest BCUT2D eigenvalue weighted by atomic mass is 10.3. The molecule has 0 radical (unpaired) electrons. The number of nitrogens with zero attached hydrogens (tertiary/aromatic N) is 2. The van der Waals surface area contributed by atoms with Gasteiger partial charge in [-0.3, -0.25) is 4.79 Å². The quantitative estimate of drug-likeness (QED) is 0.886. The van der Waals surface area contributed by atoms with Gasteiger partial charge in [0.1, 0.15) is 17.3 Å². The maximum absolute atomic E-state index is 11.8. The van der Waals surface area contributed by atoms with E-state index < -0.39 is 0 Å². The summed E-state index contributed by atoms with van der Waals surface area (Å²) < 4.78 is 5.25. The molecule has 1 aromatic heterocycles. The van der Waals surface area contributed by atoms with Gasteiger partial charge in [0.15, 0.2) is 0 Å². The number of amides is 1. The first kappa shape index (κ1) is 14.6. The summed E-state index contributed by atoms with van der Waals surface area (Å²) in [6.07, 6.45) is 5.01. The number of benzene rings is 1. The fourth-order valence-corrected chi connectivity index (χ4v) is 2.08. The number of carbonyl (C=O) groups is 1. The molecule has 1 aromatic carbocycles. The Morgan fingerprint density at radius 2 is 2.14 bits per heavy atom. The van der Waals surface area contributed by atoms with E-state index in [2.05, 4.69) is 20.6 Å². The first-order valence-corrected chi connectivity index (χ1v) is 7.27. The normalized spacial score (nSPS) is 13.5. The van der Waals surface area contributed by atoms with Crippen molar-refractivity contribution >= 4 is 29.0 Å². The second-order valence-electron chi connectivity index (χ2n) is 5.00. The lowest BCUT2D eigenvalue weighted by molar-refractivity contribution is 0.0945. The number of methoxy groups -OCH3 is 1. The number of rotatable bonds is 5. The smallest absolute Gasteiger partial charge is 0.271 e. The molecule has 7 heteroatoms. The molecule has 1 amide bonds. The second kappa shape index (κ2) is 6.19. The Morgan fingerprint density at radius 3 is 2.77 bits per heavy atom. The molecule has 22 heavy (non-hydrogen) atoms. The minimum atomic E-state index is -0.193. The van der Waals surface area contributed by atoms with Gasteiger partial charge in [0.2, 0.25) is 0 Å². The van der Waals surface area contributed by atoms with E-state index in [1.165, 1.54) is 12.4 Å². The summed E-state index contributed by atoms with van der Waals surface area (Å²) in [6.45, 7) is 0. The Balaban J connectivity index is 1.73.